The van der Waals surface area contributed by atoms with Gasteiger partial charge >= 0.3 is 12.2 Å². The fourth-order valence-electron chi connectivity index (χ4n) is 3.75. The van der Waals surface area contributed by atoms with E-state index in [1.54, 1.807) is 22.6 Å². The number of rotatable bonds is 3. The normalized spacial score (nSPS) is 17.9. The van der Waals surface area contributed by atoms with E-state index < -0.39 is 17.3 Å². The molecule has 0 saturated heterocycles. The van der Waals surface area contributed by atoms with Crippen molar-refractivity contribution >= 4 is 40.3 Å². The van der Waals surface area contributed by atoms with E-state index in [1.165, 1.54) is 0 Å². The Balaban J connectivity index is 2.54. The van der Waals surface area contributed by atoms with Gasteiger partial charge in [-0.25, -0.2) is 14.2 Å². The molecule has 7 heteroatoms. The zero-order valence-corrected chi connectivity index (χ0v) is 21.3. The highest BCUT2D eigenvalue weighted by Gasteiger charge is 2.33. The highest BCUT2D eigenvalue weighted by atomic mass is 79.9. The standard InChI is InChI=1S/C24H35BrN2O4/c1-9-10-19-17(13-14-25)18-15-16(26(8)21(28)30-23(2,3)4)11-12-20(18)27(19)22(29)31-24(5,6)7/h9-10,13,16H,1,11-12,14-15H2,2-8H3/b17-13-,19-10+. The Morgan fingerprint density at radius 2 is 1.81 bits per heavy atom. The maximum Gasteiger partial charge on any atom is 0.419 e. The molecule has 1 heterocycles. The SMILES string of the molecule is C=C/C=c1\c(=C/CBr)c2c(n1C(=O)OC(C)(C)C)CCC(N(C)C(=O)OC(C)(C)C)C2. The highest BCUT2D eigenvalue weighted by molar-refractivity contribution is 9.09. The van der Waals surface area contributed by atoms with Crippen LogP contribution in [-0.4, -0.2) is 51.3 Å². The molecular formula is C24H35BrN2O4. The number of carbonyl (C=O) groups is 2. The van der Waals surface area contributed by atoms with Crippen molar-refractivity contribution in [1.82, 2.24) is 9.47 Å². The van der Waals surface area contributed by atoms with Crippen molar-refractivity contribution in [2.75, 3.05) is 12.4 Å². The summed E-state index contributed by atoms with van der Waals surface area (Å²) in [5.41, 5.74) is 0.840. The van der Waals surface area contributed by atoms with Crippen LogP contribution < -0.4 is 10.6 Å². The van der Waals surface area contributed by atoms with Crippen LogP contribution in [0, 0.1) is 0 Å². The van der Waals surface area contributed by atoms with Gasteiger partial charge in [-0.1, -0.05) is 34.7 Å². The molecule has 0 radical (unpaired) electrons. The van der Waals surface area contributed by atoms with Crippen molar-refractivity contribution in [2.24, 2.45) is 0 Å². The number of fused-ring (bicyclic) bond motifs is 1. The first-order valence-corrected chi connectivity index (χ1v) is 11.7. The van der Waals surface area contributed by atoms with E-state index in [0.717, 1.165) is 28.2 Å². The summed E-state index contributed by atoms with van der Waals surface area (Å²) in [6, 6.07) is -0.0177. The number of ether oxygens (including phenoxy) is 2. The van der Waals surface area contributed by atoms with E-state index >= 15 is 0 Å². The van der Waals surface area contributed by atoms with Crippen LogP contribution in [0.3, 0.4) is 0 Å². The second-order valence-corrected chi connectivity index (χ2v) is 10.4. The minimum atomic E-state index is -0.604. The monoisotopic (exact) mass is 494 g/mol. The fourth-order valence-corrected chi connectivity index (χ4v) is 4.08. The number of halogens is 1. The summed E-state index contributed by atoms with van der Waals surface area (Å²) in [4.78, 5) is 27.4. The third kappa shape index (κ3) is 6.25. The first kappa shape index (κ1) is 25.2. The molecule has 0 aliphatic heterocycles. The molecule has 0 spiro atoms. The maximum atomic E-state index is 13.1. The first-order valence-electron chi connectivity index (χ1n) is 10.6. The summed E-state index contributed by atoms with van der Waals surface area (Å²) in [6.07, 6.45) is 6.85. The zero-order valence-electron chi connectivity index (χ0n) is 19.8. The maximum absolute atomic E-state index is 13.1. The average molecular weight is 495 g/mol. The quantitative estimate of drug-likeness (QED) is 0.592. The van der Waals surface area contributed by atoms with Crippen LogP contribution in [0.2, 0.25) is 0 Å². The molecule has 0 aromatic carbocycles. The van der Waals surface area contributed by atoms with Crippen LogP contribution in [0.4, 0.5) is 9.59 Å². The number of hydrogen-bond donors (Lipinski definition) is 0. The van der Waals surface area contributed by atoms with Crippen LogP contribution in [0.1, 0.15) is 59.2 Å². The lowest BCUT2D eigenvalue weighted by Gasteiger charge is -2.33. The molecule has 1 amide bonds. The van der Waals surface area contributed by atoms with Gasteiger partial charge < -0.3 is 14.4 Å². The Kier molecular flexibility index (Phi) is 7.84. The predicted molar refractivity (Wildman–Crippen MR) is 128 cm³/mol. The number of likely N-dealkylation sites (N-methyl/N-ethyl adjacent to an activating group) is 1. The van der Waals surface area contributed by atoms with E-state index in [2.05, 4.69) is 22.5 Å². The van der Waals surface area contributed by atoms with Crippen molar-refractivity contribution in [3.63, 3.8) is 0 Å². The molecule has 1 aromatic heterocycles. The van der Waals surface area contributed by atoms with Crippen molar-refractivity contribution in [2.45, 2.75) is 78.0 Å². The minimum Gasteiger partial charge on any atom is -0.444 e. The van der Waals surface area contributed by atoms with Crippen LogP contribution in [0.15, 0.2) is 12.7 Å². The molecule has 6 nitrogen and oxygen atoms in total. The van der Waals surface area contributed by atoms with Crippen LogP contribution in [0.5, 0.6) is 0 Å². The van der Waals surface area contributed by atoms with E-state index in [-0.39, 0.29) is 12.1 Å². The van der Waals surface area contributed by atoms with E-state index in [4.69, 9.17) is 9.47 Å². The lowest BCUT2D eigenvalue weighted by molar-refractivity contribution is 0.0207. The summed E-state index contributed by atoms with van der Waals surface area (Å²) in [5.74, 6) is 0. The number of aromatic nitrogens is 1. The molecule has 172 valence electrons. The molecule has 0 fully saturated rings. The third-order valence-electron chi connectivity index (χ3n) is 4.98. The molecule has 1 aliphatic rings. The fraction of sp³-hybridized carbons (Fsp3) is 0.583. The molecule has 0 N–H and O–H groups in total. The number of alkyl halides is 1. The Morgan fingerprint density at radius 3 is 2.32 bits per heavy atom. The number of nitrogens with zero attached hydrogens (tertiary/aromatic N) is 2. The average Bonchev–Trinajstić information content (AvgIpc) is 2.92. The van der Waals surface area contributed by atoms with E-state index in [0.29, 0.717) is 18.2 Å². The molecule has 0 saturated carbocycles. The molecule has 1 aliphatic carbocycles. The van der Waals surface area contributed by atoms with E-state index in [1.807, 2.05) is 53.7 Å². The molecule has 1 unspecified atom stereocenters. The largest absolute Gasteiger partial charge is 0.444 e. The van der Waals surface area contributed by atoms with Gasteiger partial charge in [0, 0.05) is 29.3 Å². The van der Waals surface area contributed by atoms with Gasteiger partial charge in [0.25, 0.3) is 0 Å². The van der Waals surface area contributed by atoms with Gasteiger partial charge in [-0.15, -0.1) is 0 Å². The molecular weight excluding hydrogens is 460 g/mol. The lowest BCUT2D eigenvalue weighted by atomic mass is 9.91. The van der Waals surface area contributed by atoms with Crippen molar-refractivity contribution in [3.05, 3.63) is 34.5 Å². The highest BCUT2D eigenvalue weighted by Crippen LogP contribution is 2.24. The smallest absolute Gasteiger partial charge is 0.419 e. The molecule has 1 atom stereocenters. The van der Waals surface area contributed by atoms with Gasteiger partial charge in [0.15, 0.2) is 0 Å². The Labute approximate surface area is 193 Å². The van der Waals surface area contributed by atoms with Gasteiger partial charge in [0.05, 0.1) is 5.35 Å². The number of amides is 1. The lowest BCUT2D eigenvalue weighted by Crippen LogP contribution is -2.44. The zero-order chi connectivity index (χ0) is 23.6. The van der Waals surface area contributed by atoms with Gasteiger partial charge in [-0.3, -0.25) is 0 Å². The number of hydrogen-bond acceptors (Lipinski definition) is 4. The van der Waals surface area contributed by atoms with Crippen LogP contribution in [0.25, 0.3) is 12.2 Å². The Morgan fingerprint density at radius 1 is 1.19 bits per heavy atom. The molecule has 1 aromatic rings. The predicted octanol–water partition coefficient (Wildman–Crippen LogP) is 4.14. The van der Waals surface area contributed by atoms with Gasteiger partial charge in [-0.05, 0) is 72.4 Å². The summed E-state index contributed by atoms with van der Waals surface area (Å²) >= 11 is 3.49. The van der Waals surface area contributed by atoms with Crippen molar-refractivity contribution in [3.8, 4) is 0 Å². The van der Waals surface area contributed by atoms with Crippen molar-refractivity contribution in [1.29, 1.82) is 0 Å². The first-order chi connectivity index (χ1) is 14.3. The summed E-state index contributed by atoms with van der Waals surface area (Å²) in [7, 11) is 1.78. The topological polar surface area (TPSA) is 60.8 Å². The summed E-state index contributed by atoms with van der Waals surface area (Å²) < 4.78 is 12.9. The molecule has 0 bridgehead atoms. The molecule has 2 rings (SSSR count). The van der Waals surface area contributed by atoms with Gasteiger partial charge in [-0.2, -0.15) is 0 Å². The van der Waals surface area contributed by atoms with Gasteiger partial charge in [0.1, 0.15) is 11.2 Å². The molecule has 31 heavy (non-hydrogen) atoms. The minimum absolute atomic E-state index is 0.0177. The van der Waals surface area contributed by atoms with E-state index in [9.17, 15) is 9.59 Å². The number of allylic oxidation sites excluding steroid dienone is 1. The van der Waals surface area contributed by atoms with Crippen LogP contribution >= 0.6 is 15.9 Å². The van der Waals surface area contributed by atoms with Crippen LogP contribution in [-0.2, 0) is 22.3 Å². The third-order valence-corrected chi connectivity index (χ3v) is 5.30. The Bertz CT molecular complexity index is 964. The summed E-state index contributed by atoms with van der Waals surface area (Å²) in [6.45, 7) is 15.0. The second-order valence-electron chi connectivity index (χ2n) is 9.79. The van der Waals surface area contributed by atoms with Crippen molar-refractivity contribution < 1.29 is 19.1 Å². The number of carbonyl (C=O) groups excluding carboxylic acids is 2. The Hall–Kier alpha value is -2.02. The summed E-state index contributed by atoms with van der Waals surface area (Å²) in [5, 5.41) is 2.37. The second kappa shape index (κ2) is 9.63. The van der Waals surface area contributed by atoms with Gasteiger partial charge in [0.2, 0.25) is 0 Å².